The molecular weight excluding hydrogens is 294 g/mol. The number of benzene rings is 2. The summed E-state index contributed by atoms with van der Waals surface area (Å²) in [4.78, 5) is 14.9. The van der Waals surface area contributed by atoms with Gasteiger partial charge in [-0.15, -0.1) is 0 Å². The van der Waals surface area contributed by atoms with E-state index < -0.39 is 4.92 Å². The number of fused-ring (bicyclic) bond motifs is 1. The average Bonchev–Trinajstić information content (AvgIpc) is 2.90. The van der Waals surface area contributed by atoms with Gasteiger partial charge in [-0.2, -0.15) is 0 Å². The Bertz CT molecular complexity index is 871. The maximum atomic E-state index is 11.0. The lowest BCUT2D eigenvalue weighted by Crippen LogP contribution is -2.08. The maximum Gasteiger partial charge on any atom is 0.310 e. The molecule has 6 heteroatoms. The number of para-hydroxylation sites is 2. The van der Waals surface area contributed by atoms with Crippen molar-refractivity contribution in [1.82, 2.24) is 9.55 Å². The number of nitro benzene ring substituents is 1. The summed E-state index contributed by atoms with van der Waals surface area (Å²) >= 11 is 0. The van der Waals surface area contributed by atoms with E-state index in [1.165, 1.54) is 17.2 Å². The first-order valence-corrected chi connectivity index (χ1v) is 7.34. The fraction of sp³-hybridized carbons (Fsp3) is 0.235. The topological polar surface area (TPSA) is 70.2 Å². The molecule has 0 saturated heterocycles. The van der Waals surface area contributed by atoms with Crippen molar-refractivity contribution in [3.63, 3.8) is 0 Å². The monoisotopic (exact) mass is 311 g/mol. The Morgan fingerprint density at radius 2 is 1.96 bits per heavy atom. The number of hydrogen-bond acceptors (Lipinski definition) is 4. The Balaban J connectivity index is 1.75. The van der Waals surface area contributed by atoms with E-state index in [1.54, 1.807) is 24.5 Å². The van der Waals surface area contributed by atoms with Crippen LogP contribution in [0.5, 0.6) is 5.75 Å². The van der Waals surface area contributed by atoms with Crippen molar-refractivity contribution in [2.75, 3.05) is 6.61 Å². The van der Waals surface area contributed by atoms with Gasteiger partial charge in [0.2, 0.25) is 0 Å². The number of aryl methyl sites for hydroxylation is 2. The van der Waals surface area contributed by atoms with Gasteiger partial charge < -0.3 is 9.30 Å². The number of hydrogen-bond donors (Lipinski definition) is 0. The number of ether oxygens (including phenoxy) is 1. The van der Waals surface area contributed by atoms with Crippen molar-refractivity contribution in [3.05, 3.63) is 64.0 Å². The van der Waals surface area contributed by atoms with Crippen molar-refractivity contribution in [2.24, 2.45) is 0 Å². The quantitative estimate of drug-likeness (QED) is 0.533. The molecule has 1 aromatic heterocycles. The maximum absolute atomic E-state index is 11.0. The molecule has 0 spiro atoms. The van der Waals surface area contributed by atoms with E-state index in [2.05, 4.69) is 31.0 Å². The van der Waals surface area contributed by atoms with Crippen LogP contribution in [-0.2, 0) is 6.54 Å². The third-order valence-corrected chi connectivity index (χ3v) is 3.89. The van der Waals surface area contributed by atoms with Crippen LogP contribution in [0.25, 0.3) is 11.0 Å². The van der Waals surface area contributed by atoms with Crippen LogP contribution in [0.2, 0.25) is 0 Å². The van der Waals surface area contributed by atoms with Crippen LogP contribution in [0.1, 0.15) is 11.1 Å². The lowest BCUT2D eigenvalue weighted by molar-refractivity contribution is -0.385. The number of rotatable bonds is 5. The molecule has 0 fully saturated rings. The van der Waals surface area contributed by atoms with Crippen LogP contribution in [0.15, 0.2) is 42.7 Å². The summed E-state index contributed by atoms with van der Waals surface area (Å²) < 4.78 is 7.58. The molecular formula is C17H17N3O3. The fourth-order valence-corrected chi connectivity index (χ4v) is 2.48. The molecule has 0 aliphatic carbocycles. The molecule has 0 unspecified atom stereocenters. The third-order valence-electron chi connectivity index (χ3n) is 3.89. The van der Waals surface area contributed by atoms with Gasteiger partial charge >= 0.3 is 5.69 Å². The molecule has 2 aromatic carbocycles. The second-order valence-electron chi connectivity index (χ2n) is 5.44. The Labute approximate surface area is 133 Å². The number of nitrogens with zero attached hydrogens (tertiary/aromatic N) is 3. The Hall–Kier alpha value is -2.89. The Morgan fingerprint density at radius 3 is 2.74 bits per heavy atom. The van der Waals surface area contributed by atoms with Gasteiger partial charge in [-0.05, 0) is 43.2 Å². The molecule has 0 saturated carbocycles. The molecule has 0 N–H and O–H groups in total. The standard InChI is InChI=1S/C17H17N3O3/c1-12-9-14-16(10-13(12)2)19(11-18-14)7-8-23-17-6-4-3-5-15(17)20(21)22/h3-6,9-11H,7-8H2,1-2H3. The van der Waals surface area contributed by atoms with E-state index in [0.29, 0.717) is 13.2 Å². The minimum absolute atomic E-state index is 0.0190. The molecule has 0 aliphatic heterocycles. The highest BCUT2D eigenvalue weighted by Crippen LogP contribution is 2.26. The zero-order valence-corrected chi connectivity index (χ0v) is 13.0. The van der Waals surface area contributed by atoms with Crippen molar-refractivity contribution >= 4 is 16.7 Å². The minimum atomic E-state index is -0.436. The second-order valence-corrected chi connectivity index (χ2v) is 5.44. The molecule has 1 heterocycles. The van der Waals surface area contributed by atoms with Gasteiger partial charge in [0.1, 0.15) is 6.61 Å². The fourth-order valence-electron chi connectivity index (χ4n) is 2.48. The molecule has 3 rings (SSSR count). The Kier molecular flexibility index (Phi) is 3.97. The zero-order chi connectivity index (χ0) is 16.4. The molecule has 0 atom stereocenters. The van der Waals surface area contributed by atoms with E-state index in [-0.39, 0.29) is 11.4 Å². The predicted molar refractivity (Wildman–Crippen MR) is 87.8 cm³/mol. The van der Waals surface area contributed by atoms with Crippen molar-refractivity contribution in [3.8, 4) is 5.75 Å². The molecule has 0 bridgehead atoms. The van der Waals surface area contributed by atoms with Gasteiger partial charge in [0.25, 0.3) is 0 Å². The van der Waals surface area contributed by atoms with Gasteiger partial charge in [0.15, 0.2) is 5.75 Å². The number of imidazole rings is 1. The summed E-state index contributed by atoms with van der Waals surface area (Å²) in [6.07, 6.45) is 1.77. The SMILES string of the molecule is Cc1cc2ncn(CCOc3ccccc3[N+](=O)[O-])c2cc1C. The van der Waals surface area contributed by atoms with Crippen LogP contribution >= 0.6 is 0 Å². The zero-order valence-electron chi connectivity index (χ0n) is 13.0. The Morgan fingerprint density at radius 1 is 1.22 bits per heavy atom. The molecule has 3 aromatic rings. The largest absolute Gasteiger partial charge is 0.485 e. The first kappa shape index (κ1) is 15.0. The first-order valence-electron chi connectivity index (χ1n) is 7.34. The van der Waals surface area contributed by atoms with Crippen LogP contribution in [0.4, 0.5) is 5.69 Å². The summed E-state index contributed by atoms with van der Waals surface area (Å²) in [5, 5.41) is 11.0. The van der Waals surface area contributed by atoms with E-state index in [9.17, 15) is 10.1 Å². The smallest absolute Gasteiger partial charge is 0.310 e. The summed E-state index contributed by atoms with van der Waals surface area (Å²) in [7, 11) is 0. The molecule has 0 amide bonds. The van der Waals surface area contributed by atoms with Crippen LogP contribution in [0, 0.1) is 24.0 Å². The summed E-state index contributed by atoms with van der Waals surface area (Å²) in [5.41, 5.74) is 4.38. The molecule has 0 aliphatic rings. The number of aromatic nitrogens is 2. The summed E-state index contributed by atoms with van der Waals surface area (Å²) in [6, 6.07) is 10.6. The highest BCUT2D eigenvalue weighted by molar-refractivity contribution is 5.77. The van der Waals surface area contributed by atoms with Crippen molar-refractivity contribution in [2.45, 2.75) is 20.4 Å². The number of nitro groups is 1. The first-order chi connectivity index (χ1) is 11.1. The summed E-state index contributed by atoms with van der Waals surface area (Å²) in [5.74, 6) is 0.286. The van der Waals surface area contributed by atoms with E-state index in [4.69, 9.17) is 4.74 Å². The molecule has 0 radical (unpaired) electrons. The van der Waals surface area contributed by atoms with Gasteiger partial charge in [-0.3, -0.25) is 10.1 Å². The van der Waals surface area contributed by atoms with Crippen molar-refractivity contribution < 1.29 is 9.66 Å². The van der Waals surface area contributed by atoms with Gasteiger partial charge in [0.05, 0.1) is 28.8 Å². The molecule has 23 heavy (non-hydrogen) atoms. The van der Waals surface area contributed by atoms with Crippen LogP contribution in [-0.4, -0.2) is 21.1 Å². The lowest BCUT2D eigenvalue weighted by Gasteiger charge is -2.08. The van der Waals surface area contributed by atoms with Gasteiger partial charge in [-0.25, -0.2) is 4.98 Å². The molecule has 6 nitrogen and oxygen atoms in total. The van der Waals surface area contributed by atoms with Crippen molar-refractivity contribution in [1.29, 1.82) is 0 Å². The van der Waals surface area contributed by atoms with Gasteiger partial charge in [-0.1, -0.05) is 12.1 Å². The van der Waals surface area contributed by atoms with Gasteiger partial charge in [0, 0.05) is 6.07 Å². The highest BCUT2D eigenvalue weighted by atomic mass is 16.6. The third kappa shape index (κ3) is 3.01. The molecule has 118 valence electrons. The summed E-state index contributed by atoms with van der Waals surface area (Å²) in [6.45, 7) is 5.04. The minimum Gasteiger partial charge on any atom is -0.485 e. The highest BCUT2D eigenvalue weighted by Gasteiger charge is 2.13. The van der Waals surface area contributed by atoms with Crippen LogP contribution < -0.4 is 4.74 Å². The van der Waals surface area contributed by atoms with E-state index in [0.717, 1.165) is 11.0 Å². The second kappa shape index (κ2) is 6.08. The predicted octanol–water partition coefficient (Wildman–Crippen LogP) is 3.64. The van der Waals surface area contributed by atoms with Crippen LogP contribution in [0.3, 0.4) is 0 Å². The average molecular weight is 311 g/mol. The normalized spacial score (nSPS) is 10.9. The van der Waals surface area contributed by atoms with E-state index in [1.807, 2.05) is 4.57 Å². The lowest BCUT2D eigenvalue weighted by atomic mass is 10.1. The van der Waals surface area contributed by atoms with E-state index >= 15 is 0 Å².